The van der Waals surface area contributed by atoms with Crippen LogP contribution in [0.1, 0.15) is 38.8 Å². The van der Waals surface area contributed by atoms with E-state index in [1.165, 1.54) is 0 Å². The van der Waals surface area contributed by atoms with Crippen LogP contribution in [0, 0.1) is 18.8 Å². The number of carbonyl (C=O) groups excluding carboxylic acids is 1. The molecular weight excluding hydrogens is 238 g/mol. The zero-order chi connectivity index (χ0) is 14.3. The van der Waals surface area contributed by atoms with Gasteiger partial charge in [-0.25, -0.2) is 4.98 Å². The molecule has 0 aliphatic heterocycles. The molecule has 4 nitrogen and oxygen atoms in total. The SMILES string of the molecule is Cc1cccc(NC(=O)CCC(CCN)C(C)C)n1. The van der Waals surface area contributed by atoms with Crippen LogP contribution >= 0.6 is 0 Å². The van der Waals surface area contributed by atoms with Crippen molar-refractivity contribution in [1.82, 2.24) is 4.98 Å². The second-order valence-electron chi connectivity index (χ2n) is 5.33. The van der Waals surface area contributed by atoms with E-state index in [1.807, 2.05) is 25.1 Å². The minimum Gasteiger partial charge on any atom is -0.330 e. The number of rotatable bonds is 7. The third kappa shape index (κ3) is 5.83. The third-order valence-corrected chi connectivity index (χ3v) is 3.38. The van der Waals surface area contributed by atoms with Gasteiger partial charge in [0.1, 0.15) is 5.82 Å². The van der Waals surface area contributed by atoms with Crippen molar-refractivity contribution >= 4 is 11.7 Å². The number of hydrogen-bond acceptors (Lipinski definition) is 3. The second kappa shape index (κ2) is 7.89. The first-order chi connectivity index (χ1) is 9.02. The fourth-order valence-corrected chi connectivity index (χ4v) is 2.16. The van der Waals surface area contributed by atoms with Gasteiger partial charge in [-0.1, -0.05) is 19.9 Å². The molecule has 106 valence electrons. The molecule has 0 aliphatic rings. The van der Waals surface area contributed by atoms with Gasteiger partial charge in [0.05, 0.1) is 0 Å². The fourth-order valence-electron chi connectivity index (χ4n) is 2.16. The van der Waals surface area contributed by atoms with Crippen molar-refractivity contribution in [2.45, 2.75) is 40.0 Å². The van der Waals surface area contributed by atoms with E-state index in [9.17, 15) is 4.79 Å². The second-order valence-corrected chi connectivity index (χ2v) is 5.33. The summed E-state index contributed by atoms with van der Waals surface area (Å²) in [5, 5.41) is 2.84. The molecule has 1 aromatic rings. The van der Waals surface area contributed by atoms with E-state index in [2.05, 4.69) is 24.1 Å². The number of nitrogens with zero attached hydrogens (tertiary/aromatic N) is 1. The largest absolute Gasteiger partial charge is 0.330 e. The van der Waals surface area contributed by atoms with Gasteiger partial charge in [-0.05, 0) is 50.3 Å². The molecule has 1 aromatic heterocycles. The van der Waals surface area contributed by atoms with Crippen molar-refractivity contribution in [3.8, 4) is 0 Å². The molecular formula is C15H25N3O. The summed E-state index contributed by atoms with van der Waals surface area (Å²) in [5.41, 5.74) is 6.51. The standard InChI is InChI=1S/C15H25N3O/c1-11(2)13(9-10-16)7-8-15(19)18-14-6-4-5-12(3)17-14/h4-6,11,13H,7-10,16H2,1-3H3,(H,17,18,19). The van der Waals surface area contributed by atoms with E-state index >= 15 is 0 Å². The molecule has 0 aliphatic carbocycles. The number of amides is 1. The van der Waals surface area contributed by atoms with Crippen molar-refractivity contribution in [2.24, 2.45) is 17.6 Å². The van der Waals surface area contributed by atoms with Gasteiger partial charge < -0.3 is 11.1 Å². The molecule has 19 heavy (non-hydrogen) atoms. The van der Waals surface area contributed by atoms with Gasteiger partial charge in [0.2, 0.25) is 5.91 Å². The number of carbonyl (C=O) groups is 1. The van der Waals surface area contributed by atoms with Gasteiger partial charge in [-0.3, -0.25) is 4.79 Å². The van der Waals surface area contributed by atoms with Gasteiger partial charge in [0, 0.05) is 12.1 Å². The van der Waals surface area contributed by atoms with Crippen molar-refractivity contribution in [2.75, 3.05) is 11.9 Å². The van der Waals surface area contributed by atoms with Crippen molar-refractivity contribution in [3.63, 3.8) is 0 Å². The first-order valence-corrected chi connectivity index (χ1v) is 6.96. The van der Waals surface area contributed by atoms with Crippen LogP contribution in [0.4, 0.5) is 5.82 Å². The zero-order valence-corrected chi connectivity index (χ0v) is 12.1. The first kappa shape index (κ1) is 15.6. The number of anilines is 1. The summed E-state index contributed by atoms with van der Waals surface area (Å²) >= 11 is 0. The lowest BCUT2D eigenvalue weighted by Crippen LogP contribution is -2.18. The predicted octanol–water partition coefficient (Wildman–Crippen LogP) is 2.73. The number of aromatic nitrogens is 1. The third-order valence-electron chi connectivity index (χ3n) is 3.38. The molecule has 3 N–H and O–H groups in total. The van der Waals surface area contributed by atoms with Gasteiger partial charge in [-0.2, -0.15) is 0 Å². The zero-order valence-electron chi connectivity index (χ0n) is 12.1. The maximum absolute atomic E-state index is 11.9. The average Bonchev–Trinajstić information content (AvgIpc) is 2.34. The Kier molecular flexibility index (Phi) is 6.50. The molecule has 0 saturated carbocycles. The van der Waals surface area contributed by atoms with Crippen LogP contribution in [0.25, 0.3) is 0 Å². The lowest BCUT2D eigenvalue weighted by Gasteiger charge is -2.19. The van der Waals surface area contributed by atoms with Crippen LogP contribution in [-0.2, 0) is 4.79 Å². The Labute approximate surface area is 115 Å². The summed E-state index contributed by atoms with van der Waals surface area (Å²) in [6, 6.07) is 5.61. The number of nitrogens with one attached hydrogen (secondary N) is 1. The molecule has 1 amide bonds. The minimum atomic E-state index is 0.0285. The normalized spacial score (nSPS) is 12.5. The maximum atomic E-state index is 11.9. The maximum Gasteiger partial charge on any atom is 0.225 e. The number of nitrogens with two attached hydrogens (primary N) is 1. The summed E-state index contributed by atoms with van der Waals surface area (Å²) in [6.07, 6.45) is 2.39. The summed E-state index contributed by atoms with van der Waals surface area (Å²) in [4.78, 5) is 16.1. The Morgan fingerprint density at radius 2 is 2.11 bits per heavy atom. The molecule has 0 fully saturated rings. The lowest BCUT2D eigenvalue weighted by molar-refractivity contribution is -0.116. The van der Waals surface area contributed by atoms with Crippen LogP contribution in [-0.4, -0.2) is 17.4 Å². The molecule has 1 unspecified atom stereocenters. The van der Waals surface area contributed by atoms with Crippen LogP contribution in [0.2, 0.25) is 0 Å². The Morgan fingerprint density at radius 1 is 1.37 bits per heavy atom. The predicted molar refractivity (Wildman–Crippen MR) is 78.8 cm³/mol. The molecule has 4 heteroatoms. The van der Waals surface area contributed by atoms with Crippen molar-refractivity contribution < 1.29 is 4.79 Å². The fraction of sp³-hybridized carbons (Fsp3) is 0.600. The van der Waals surface area contributed by atoms with Crippen LogP contribution in [0.15, 0.2) is 18.2 Å². The number of aryl methyl sites for hydroxylation is 1. The Balaban J connectivity index is 2.42. The van der Waals surface area contributed by atoms with Gasteiger partial charge in [0.25, 0.3) is 0 Å². The van der Waals surface area contributed by atoms with E-state index in [1.54, 1.807) is 0 Å². The Hall–Kier alpha value is -1.42. The summed E-state index contributed by atoms with van der Waals surface area (Å²) in [5.74, 6) is 1.74. The smallest absolute Gasteiger partial charge is 0.225 e. The molecule has 0 saturated heterocycles. The quantitative estimate of drug-likeness (QED) is 0.794. The first-order valence-electron chi connectivity index (χ1n) is 6.96. The molecule has 0 spiro atoms. The lowest BCUT2D eigenvalue weighted by atomic mass is 9.88. The minimum absolute atomic E-state index is 0.0285. The van der Waals surface area contributed by atoms with Crippen LogP contribution < -0.4 is 11.1 Å². The Morgan fingerprint density at radius 3 is 2.68 bits per heavy atom. The van der Waals surface area contributed by atoms with E-state index in [0.29, 0.717) is 30.6 Å². The highest BCUT2D eigenvalue weighted by Crippen LogP contribution is 2.20. The molecule has 1 atom stereocenters. The van der Waals surface area contributed by atoms with E-state index in [-0.39, 0.29) is 5.91 Å². The molecule has 1 rings (SSSR count). The molecule has 0 aromatic carbocycles. The highest BCUT2D eigenvalue weighted by Gasteiger charge is 2.14. The van der Waals surface area contributed by atoms with Crippen molar-refractivity contribution in [3.05, 3.63) is 23.9 Å². The highest BCUT2D eigenvalue weighted by molar-refractivity contribution is 5.89. The van der Waals surface area contributed by atoms with E-state index in [4.69, 9.17) is 5.73 Å². The molecule has 0 bridgehead atoms. The van der Waals surface area contributed by atoms with E-state index in [0.717, 1.165) is 18.5 Å². The molecule has 1 heterocycles. The highest BCUT2D eigenvalue weighted by atomic mass is 16.1. The summed E-state index contributed by atoms with van der Waals surface area (Å²) in [7, 11) is 0. The van der Waals surface area contributed by atoms with E-state index < -0.39 is 0 Å². The molecule has 0 radical (unpaired) electrons. The summed E-state index contributed by atoms with van der Waals surface area (Å²) < 4.78 is 0. The van der Waals surface area contributed by atoms with Gasteiger partial charge in [-0.15, -0.1) is 0 Å². The van der Waals surface area contributed by atoms with Crippen LogP contribution in [0.5, 0.6) is 0 Å². The topological polar surface area (TPSA) is 68.0 Å². The number of hydrogen-bond donors (Lipinski definition) is 2. The Bertz CT molecular complexity index is 404. The number of pyridine rings is 1. The van der Waals surface area contributed by atoms with Gasteiger partial charge >= 0.3 is 0 Å². The van der Waals surface area contributed by atoms with Crippen LogP contribution in [0.3, 0.4) is 0 Å². The monoisotopic (exact) mass is 263 g/mol. The summed E-state index contributed by atoms with van der Waals surface area (Å²) in [6.45, 7) is 6.95. The van der Waals surface area contributed by atoms with Crippen molar-refractivity contribution in [1.29, 1.82) is 0 Å². The average molecular weight is 263 g/mol. The van der Waals surface area contributed by atoms with Gasteiger partial charge in [0.15, 0.2) is 0 Å².